The van der Waals surface area contributed by atoms with Crippen LogP contribution in [0.4, 0.5) is 5.69 Å². The van der Waals surface area contributed by atoms with E-state index < -0.39 is 0 Å². The summed E-state index contributed by atoms with van der Waals surface area (Å²) in [6.45, 7) is 1.79. The molecule has 0 heterocycles. The maximum Gasteiger partial charge on any atom is 0.315 e. The number of carbonyl (C=O) groups excluding carboxylic acids is 2. The highest BCUT2D eigenvalue weighted by atomic mass is 35.5. The third kappa shape index (κ3) is 8.60. The molecule has 1 aromatic carbocycles. The first-order chi connectivity index (χ1) is 9.51. The van der Waals surface area contributed by atoms with Crippen LogP contribution in [-0.4, -0.2) is 30.8 Å². The van der Waals surface area contributed by atoms with E-state index in [9.17, 15) is 9.59 Å². The SMILES string of the molecule is COC(=O)CSCc1cccc(NC(=O)CC(C)N)c1.Cl. The summed E-state index contributed by atoms with van der Waals surface area (Å²) >= 11 is 1.47. The summed E-state index contributed by atoms with van der Waals surface area (Å²) in [6.07, 6.45) is 0.293. The molecule has 1 unspecified atom stereocenters. The molecule has 1 rings (SSSR count). The Morgan fingerprint density at radius 3 is 2.76 bits per heavy atom. The molecule has 0 saturated heterocycles. The van der Waals surface area contributed by atoms with E-state index in [0.29, 0.717) is 17.9 Å². The Morgan fingerprint density at radius 1 is 1.43 bits per heavy atom. The lowest BCUT2D eigenvalue weighted by atomic mass is 10.2. The van der Waals surface area contributed by atoms with Crippen LogP contribution < -0.4 is 11.1 Å². The molecule has 118 valence electrons. The number of anilines is 1. The van der Waals surface area contributed by atoms with Crippen LogP contribution in [0.2, 0.25) is 0 Å². The van der Waals surface area contributed by atoms with Gasteiger partial charge in [-0.3, -0.25) is 9.59 Å². The number of nitrogens with one attached hydrogen (secondary N) is 1. The fraction of sp³-hybridized carbons (Fsp3) is 0.429. The van der Waals surface area contributed by atoms with E-state index in [4.69, 9.17) is 5.73 Å². The standard InChI is InChI=1S/C14H20N2O3S.ClH/c1-10(15)6-13(17)16-12-5-3-4-11(7-12)8-20-9-14(18)19-2;/h3-5,7,10H,6,8-9,15H2,1-2H3,(H,16,17);1H. The van der Waals surface area contributed by atoms with Gasteiger partial charge in [0.15, 0.2) is 0 Å². The van der Waals surface area contributed by atoms with E-state index in [1.165, 1.54) is 18.9 Å². The summed E-state index contributed by atoms with van der Waals surface area (Å²) < 4.78 is 4.57. The van der Waals surface area contributed by atoms with Gasteiger partial charge in [-0.15, -0.1) is 24.2 Å². The number of hydrogen-bond acceptors (Lipinski definition) is 5. The first kappa shape index (κ1) is 19.8. The molecule has 0 fully saturated rings. The molecule has 1 aromatic rings. The van der Waals surface area contributed by atoms with Gasteiger partial charge in [-0.1, -0.05) is 12.1 Å². The van der Waals surface area contributed by atoms with Crippen molar-refractivity contribution in [2.75, 3.05) is 18.2 Å². The van der Waals surface area contributed by atoms with E-state index in [1.807, 2.05) is 24.3 Å². The molecule has 3 N–H and O–H groups in total. The van der Waals surface area contributed by atoms with Crippen LogP contribution in [0.5, 0.6) is 0 Å². The van der Waals surface area contributed by atoms with Crippen molar-refractivity contribution in [1.29, 1.82) is 0 Å². The van der Waals surface area contributed by atoms with Crippen LogP contribution in [-0.2, 0) is 20.1 Å². The number of halogens is 1. The summed E-state index contributed by atoms with van der Waals surface area (Å²) in [5.41, 5.74) is 7.36. The van der Waals surface area contributed by atoms with E-state index >= 15 is 0 Å². The lowest BCUT2D eigenvalue weighted by molar-refractivity contribution is -0.137. The highest BCUT2D eigenvalue weighted by molar-refractivity contribution is 7.99. The maximum absolute atomic E-state index is 11.6. The Hall–Kier alpha value is -1.24. The van der Waals surface area contributed by atoms with Crippen molar-refractivity contribution in [3.63, 3.8) is 0 Å². The zero-order chi connectivity index (χ0) is 15.0. The second-order valence-electron chi connectivity index (χ2n) is 4.50. The van der Waals surface area contributed by atoms with Crippen molar-refractivity contribution in [3.8, 4) is 0 Å². The van der Waals surface area contributed by atoms with Gasteiger partial charge < -0.3 is 15.8 Å². The minimum Gasteiger partial charge on any atom is -0.468 e. The number of ether oxygens (including phenoxy) is 1. The van der Waals surface area contributed by atoms with Gasteiger partial charge in [0.25, 0.3) is 0 Å². The molecule has 0 bridgehead atoms. The quantitative estimate of drug-likeness (QED) is 0.748. The molecule has 5 nitrogen and oxygen atoms in total. The second-order valence-corrected chi connectivity index (χ2v) is 5.48. The van der Waals surface area contributed by atoms with Gasteiger partial charge in [0.05, 0.1) is 12.9 Å². The second kappa shape index (κ2) is 10.5. The van der Waals surface area contributed by atoms with Crippen molar-refractivity contribution in [2.24, 2.45) is 5.73 Å². The van der Waals surface area contributed by atoms with Crippen molar-refractivity contribution in [3.05, 3.63) is 29.8 Å². The van der Waals surface area contributed by atoms with E-state index in [0.717, 1.165) is 11.3 Å². The number of hydrogen-bond donors (Lipinski definition) is 2. The Kier molecular flexibility index (Phi) is 9.86. The third-order valence-electron chi connectivity index (χ3n) is 2.43. The van der Waals surface area contributed by atoms with Crippen molar-refractivity contribution in [2.45, 2.75) is 25.1 Å². The minimum atomic E-state index is -0.239. The highest BCUT2D eigenvalue weighted by Crippen LogP contribution is 2.17. The third-order valence-corrected chi connectivity index (χ3v) is 3.41. The maximum atomic E-state index is 11.6. The molecule has 0 saturated carbocycles. The summed E-state index contributed by atoms with van der Waals surface area (Å²) in [4.78, 5) is 22.6. The van der Waals surface area contributed by atoms with Crippen LogP contribution in [0.3, 0.4) is 0 Å². The molecule has 0 spiro atoms. The molecule has 1 atom stereocenters. The first-order valence-corrected chi connectivity index (χ1v) is 7.45. The number of nitrogens with two attached hydrogens (primary N) is 1. The Balaban J connectivity index is 0.00000400. The number of methoxy groups -OCH3 is 1. The summed E-state index contributed by atoms with van der Waals surface area (Å²) in [5.74, 6) is 0.667. The van der Waals surface area contributed by atoms with Gasteiger partial charge in [-0.25, -0.2) is 0 Å². The van der Waals surface area contributed by atoms with Crippen LogP contribution in [0.1, 0.15) is 18.9 Å². The number of amides is 1. The van der Waals surface area contributed by atoms with Gasteiger partial charge in [0, 0.05) is 23.9 Å². The van der Waals surface area contributed by atoms with Crippen molar-refractivity contribution < 1.29 is 14.3 Å². The summed E-state index contributed by atoms with van der Waals surface area (Å²) in [6, 6.07) is 7.38. The first-order valence-electron chi connectivity index (χ1n) is 6.30. The molecule has 0 aliphatic rings. The number of carbonyl (C=O) groups is 2. The van der Waals surface area contributed by atoms with Gasteiger partial charge in [0.2, 0.25) is 5.91 Å². The average molecular weight is 333 g/mol. The number of rotatable bonds is 7. The lowest BCUT2D eigenvalue weighted by Gasteiger charge is -2.08. The Morgan fingerprint density at radius 2 is 2.14 bits per heavy atom. The lowest BCUT2D eigenvalue weighted by Crippen LogP contribution is -2.23. The fourth-order valence-electron chi connectivity index (χ4n) is 1.55. The monoisotopic (exact) mass is 332 g/mol. The topological polar surface area (TPSA) is 81.4 Å². The van der Waals surface area contributed by atoms with E-state index in [-0.39, 0.29) is 30.3 Å². The zero-order valence-electron chi connectivity index (χ0n) is 12.1. The smallest absolute Gasteiger partial charge is 0.315 e. The number of esters is 1. The molecule has 1 amide bonds. The van der Waals surface area contributed by atoms with Gasteiger partial charge >= 0.3 is 5.97 Å². The largest absolute Gasteiger partial charge is 0.468 e. The summed E-state index contributed by atoms with van der Waals surface area (Å²) in [5, 5.41) is 2.80. The molecule has 0 aromatic heterocycles. The van der Waals surface area contributed by atoms with E-state index in [1.54, 1.807) is 6.92 Å². The minimum absolute atomic E-state index is 0. The normalized spacial score (nSPS) is 11.2. The highest BCUT2D eigenvalue weighted by Gasteiger charge is 2.06. The van der Waals surface area contributed by atoms with Gasteiger partial charge in [0.1, 0.15) is 0 Å². The predicted octanol–water partition coefficient (Wildman–Crippen LogP) is 2.19. The molecule has 0 radical (unpaired) electrons. The molecular formula is C14H21ClN2O3S. The zero-order valence-corrected chi connectivity index (χ0v) is 13.8. The number of benzene rings is 1. The van der Waals surface area contributed by atoms with Crippen LogP contribution in [0.15, 0.2) is 24.3 Å². The molecule has 7 heteroatoms. The number of thioether (sulfide) groups is 1. The molecule has 21 heavy (non-hydrogen) atoms. The fourth-order valence-corrected chi connectivity index (χ4v) is 2.36. The Labute approximate surface area is 135 Å². The van der Waals surface area contributed by atoms with E-state index in [2.05, 4.69) is 10.1 Å². The van der Waals surface area contributed by atoms with Gasteiger partial charge in [-0.2, -0.15) is 0 Å². The van der Waals surface area contributed by atoms with Crippen LogP contribution >= 0.6 is 24.2 Å². The Bertz CT molecular complexity index is 469. The van der Waals surface area contributed by atoms with Gasteiger partial charge in [-0.05, 0) is 24.6 Å². The van der Waals surface area contributed by atoms with Crippen LogP contribution in [0, 0.1) is 0 Å². The van der Waals surface area contributed by atoms with Crippen molar-refractivity contribution >= 4 is 41.7 Å². The summed E-state index contributed by atoms with van der Waals surface area (Å²) in [7, 11) is 1.37. The van der Waals surface area contributed by atoms with Crippen molar-refractivity contribution in [1.82, 2.24) is 0 Å². The average Bonchev–Trinajstić information content (AvgIpc) is 2.37. The molecule has 0 aliphatic carbocycles. The van der Waals surface area contributed by atoms with Crippen LogP contribution in [0.25, 0.3) is 0 Å². The molecule has 0 aliphatic heterocycles. The molecular weight excluding hydrogens is 312 g/mol. The predicted molar refractivity (Wildman–Crippen MR) is 88.8 cm³/mol.